The maximum absolute atomic E-state index is 12.5. The Morgan fingerprint density at radius 1 is 1.21 bits per heavy atom. The molecule has 0 aliphatic carbocycles. The molecule has 0 aliphatic heterocycles. The van der Waals surface area contributed by atoms with E-state index in [2.05, 4.69) is 38.4 Å². The van der Waals surface area contributed by atoms with Crippen LogP contribution >= 0.6 is 15.9 Å². The Hall–Kier alpha value is -2.93. The van der Waals surface area contributed by atoms with E-state index in [4.69, 9.17) is 4.74 Å². The van der Waals surface area contributed by atoms with Gasteiger partial charge in [-0.25, -0.2) is 5.43 Å². The molecule has 0 saturated heterocycles. The predicted molar refractivity (Wildman–Crippen MR) is 118 cm³/mol. The number of hydrazone groups is 1. The van der Waals surface area contributed by atoms with Gasteiger partial charge < -0.3 is 10.1 Å². The van der Waals surface area contributed by atoms with E-state index >= 15 is 0 Å². The quantitative estimate of drug-likeness (QED) is 0.340. The average molecular weight is 458 g/mol. The molecule has 0 heterocycles. The zero-order valence-corrected chi connectivity index (χ0v) is 18.0. The van der Waals surface area contributed by atoms with E-state index in [9.17, 15) is 9.59 Å². The minimum absolute atomic E-state index is 0.103. The summed E-state index contributed by atoms with van der Waals surface area (Å²) in [4.78, 5) is 24.9. The number of benzene rings is 2. The van der Waals surface area contributed by atoms with Crippen LogP contribution in [0, 0.1) is 5.92 Å². The first-order valence-corrected chi connectivity index (χ1v) is 9.93. The van der Waals surface area contributed by atoms with Crippen LogP contribution < -0.4 is 15.5 Å². The Labute approximate surface area is 179 Å². The number of nitrogens with zero attached hydrogens (tertiary/aromatic N) is 1. The van der Waals surface area contributed by atoms with Gasteiger partial charge in [-0.2, -0.15) is 5.10 Å². The second kappa shape index (κ2) is 11.2. The van der Waals surface area contributed by atoms with Gasteiger partial charge in [-0.15, -0.1) is 0 Å². The predicted octanol–water partition coefficient (Wildman–Crippen LogP) is 3.92. The highest BCUT2D eigenvalue weighted by molar-refractivity contribution is 9.10. The van der Waals surface area contributed by atoms with E-state index in [1.165, 1.54) is 6.21 Å². The standard InChI is InChI=1S/C22H24BrN3O3/c1-4-12-29-19-11-10-16(13-18(19)23)14-24-26-22(28)20(15(2)3)25-21(27)17-8-6-5-7-9-17/h4-11,13-15,20H,1,12H2,2-3H3,(H,25,27)(H,26,28)/b24-14+. The maximum atomic E-state index is 12.5. The van der Waals surface area contributed by atoms with Crippen molar-refractivity contribution in [3.05, 3.63) is 76.8 Å². The summed E-state index contributed by atoms with van der Waals surface area (Å²) in [5.41, 5.74) is 3.77. The molecule has 152 valence electrons. The van der Waals surface area contributed by atoms with Crippen LogP contribution in [0.2, 0.25) is 0 Å². The van der Waals surface area contributed by atoms with Gasteiger partial charge in [0.05, 0.1) is 10.7 Å². The second-order valence-electron chi connectivity index (χ2n) is 6.58. The third-order valence-electron chi connectivity index (χ3n) is 3.97. The van der Waals surface area contributed by atoms with Gasteiger partial charge in [-0.1, -0.05) is 44.7 Å². The molecule has 0 aromatic heterocycles. The maximum Gasteiger partial charge on any atom is 0.262 e. The molecule has 2 N–H and O–H groups in total. The van der Waals surface area contributed by atoms with Crippen LogP contribution in [0.15, 0.2) is 70.8 Å². The first-order valence-electron chi connectivity index (χ1n) is 9.14. The summed E-state index contributed by atoms with van der Waals surface area (Å²) in [6, 6.07) is 13.5. The van der Waals surface area contributed by atoms with Crippen molar-refractivity contribution in [1.82, 2.24) is 10.7 Å². The van der Waals surface area contributed by atoms with Crippen molar-refractivity contribution in [2.24, 2.45) is 11.0 Å². The summed E-state index contributed by atoms with van der Waals surface area (Å²) in [5.74, 6) is -0.101. The number of ether oxygens (including phenoxy) is 1. The van der Waals surface area contributed by atoms with Gasteiger partial charge in [0.2, 0.25) is 0 Å². The number of hydrogen-bond donors (Lipinski definition) is 2. The molecule has 0 spiro atoms. The topological polar surface area (TPSA) is 79.8 Å². The number of carbonyl (C=O) groups is 2. The lowest BCUT2D eigenvalue weighted by molar-refractivity contribution is -0.123. The lowest BCUT2D eigenvalue weighted by Gasteiger charge is -2.20. The Balaban J connectivity index is 1.98. The third kappa shape index (κ3) is 6.87. The molecule has 0 saturated carbocycles. The summed E-state index contributed by atoms with van der Waals surface area (Å²) >= 11 is 3.43. The summed E-state index contributed by atoms with van der Waals surface area (Å²) in [7, 11) is 0. The molecule has 0 fully saturated rings. The van der Waals surface area contributed by atoms with Crippen LogP contribution in [0.5, 0.6) is 5.75 Å². The Kier molecular flexibility index (Phi) is 8.61. The zero-order valence-electron chi connectivity index (χ0n) is 16.4. The fraction of sp³-hybridized carbons (Fsp3) is 0.227. The van der Waals surface area contributed by atoms with Crippen molar-refractivity contribution in [1.29, 1.82) is 0 Å². The molecule has 6 nitrogen and oxygen atoms in total. The molecule has 2 aromatic carbocycles. The molecule has 7 heteroatoms. The van der Waals surface area contributed by atoms with E-state index in [0.29, 0.717) is 17.9 Å². The second-order valence-corrected chi connectivity index (χ2v) is 7.44. The summed E-state index contributed by atoms with van der Waals surface area (Å²) in [6.07, 6.45) is 3.19. The fourth-order valence-electron chi connectivity index (χ4n) is 2.45. The molecule has 2 aromatic rings. The van der Waals surface area contributed by atoms with Gasteiger partial charge in [0.1, 0.15) is 18.4 Å². The van der Waals surface area contributed by atoms with Crippen LogP contribution in [0.3, 0.4) is 0 Å². The van der Waals surface area contributed by atoms with Crippen molar-refractivity contribution in [2.45, 2.75) is 19.9 Å². The van der Waals surface area contributed by atoms with Crippen molar-refractivity contribution >= 4 is 34.0 Å². The monoisotopic (exact) mass is 457 g/mol. The minimum Gasteiger partial charge on any atom is -0.488 e. The first kappa shape index (κ1) is 22.4. The largest absolute Gasteiger partial charge is 0.488 e. The lowest BCUT2D eigenvalue weighted by Crippen LogP contribution is -2.48. The van der Waals surface area contributed by atoms with Gasteiger partial charge in [0, 0.05) is 5.56 Å². The Morgan fingerprint density at radius 2 is 1.93 bits per heavy atom. The zero-order chi connectivity index (χ0) is 21.2. The van der Waals surface area contributed by atoms with Crippen molar-refractivity contribution in [3.63, 3.8) is 0 Å². The smallest absolute Gasteiger partial charge is 0.262 e. The van der Waals surface area contributed by atoms with Crippen LogP contribution in [-0.2, 0) is 4.79 Å². The highest BCUT2D eigenvalue weighted by atomic mass is 79.9. The van der Waals surface area contributed by atoms with E-state index in [-0.39, 0.29) is 17.7 Å². The third-order valence-corrected chi connectivity index (χ3v) is 4.59. The first-order chi connectivity index (χ1) is 13.9. The number of amides is 2. The minimum atomic E-state index is -0.707. The molecule has 1 atom stereocenters. The number of halogens is 1. The fourth-order valence-corrected chi connectivity index (χ4v) is 2.96. The van der Waals surface area contributed by atoms with Crippen molar-refractivity contribution in [3.8, 4) is 5.75 Å². The normalized spacial score (nSPS) is 11.9. The SMILES string of the molecule is C=CCOc1ccc(/C=N/NC(=O)C(NC(=O)c2ccccc2)C(C)C)cc1Br. The molecule has 2 rings (SSSR count). The molecule has 0 radical (unpaired) electrons. The summed E-state index contributed by atoms with van der Waals surface area (Å²) < 4.78 is 6.26. The lowest BCUT2D eigenvalue weighted by atomic mass is 10.0. The van der Waals surface area contributed by atoms with Gasteiger partial charge in [-0.3, -0.25) is 9.59 Å². The summed E-state index contributed by atoms with van der Waals surface area (Å²) in [5, 5.41) is 6.76. The van der Waals surface area contributed by atoms with E-state index < -0.39 is 6.04 Å². The van der Waals surface area contributed by atoms with Gasteiger partial charge in [0.25, 0.3) is 11.8 Å². The highest BCUT2D eigenvalue weighted by Gasteiger charge is 2.24. The Morgan fingerprint density at radius 3 is 2.55 bits per heavy atom. The van der Waals surface area contributed by atoms with Gasteiger partial charge in [0.15, 0.2) is 0 Å². The number of carbonyl (C=O) groups excluding carboxylic acids is 2. The molecule has 0 aliphatic rings. The molecule has 2 amide bonds. The molecule has 1 unspecified atom stereocenters. The number of nitrogens with one attached hydrogen (secondary N) is 2. The van der Waals surface area contributed by atoms with Crippen molar-refractivity contribution < 1.29 is 14.3 Å². The molecular formula is C22H24BrN3O3. The molecule has 0 bridgehead atoms. The van der Waals surface area contributed by atoms with Crippen molar-refractivity contribution in [2.75, 3.05) is 6.61 Å². The van der Waals surface area contributed by atoms with E-state index in [0.717, 1.165) is 10.0 Å². The number of hydrogen-bond acceptors (Lipinski definition) is 4. The Bertz CT molecular complexity index is 882. The van der Waals surface area contributed by atoms with Gasteiger partial charge in [-0.05, 0) is 57.7 Å². The van der Waals surface area contributed by atoms with E-state index in [1.807, 2.05) is 32.0 Å². The van der Waals surface area contributed by atoms with Crippen LogP contribution in [-0.4, -0.2) is 30.7 Å². The highest BCUT2D eigenvalue weighted by Crippen LogP contribution is 2.25. The van der Waals surface area contributed by atoms with Crippen LogP contribution in [0.25, 0.3) is 0 Å². The van der Waals surface area contributed by atoms with Crippen LogP contribution in [0.1, 0.15) is 29.8 Å². The van der Waals surface area contributed by atoms with Gasteiger partial charge >= 0.3 is 0 Å². The number of rotatable bonds is 9. The van der Waals surface area contributed by atoms with Crippen LogP contribution in [0.4, 0.5) is 0 Å². The molecular weight excluding hydrogens is 434 g/mol. The summed E-state index contributed by atoms with van der Waals surface area (Å²) in [6.45, 7) is 7.74. The van der Waals surface area contributed by atoms with E-state index in [1.54, 1.807) is 36.4 Å². The molecule has 29 heavy (non-hydrogen) atoms. The average Bonchev–Trinajstić information content (AvgIpc) is 2.71.